The minimum atomic E-state index is -3.20. The van der Waals surface area contributed by atoms with Gasteiger partial charge in [0.15, 0.2) is 6.23 Å². The van der Waals surface area contributed by atoms with Crippen molar-refractivity contribution in [2.75, 3.05) is 6.61 Å². The highest BCUT2D eigenvalue weighted by molar-refractivity contribution is 7.46. The van der Waals surface area contributed by atoms with Gasteiger partial charge >= 0.3 is 22.2 Å². The summed E-state index contributed by atoms with van der Waals surface area (Å²) in [4.78, 5) is 40.3. The molecule has 2 unspecified atom stereocenters. The standard InChI is InChI=1S/C10H14N2O6.H4O5P2/c1-4-2-12(10(17)11-8(4)16)9-7(15)6(14)5(3-13)18-9;1-6(2)5-7(3)4/h2,5-7,9,13-15H,3H2,1H3,(H,11,16,17);6-7H,(H,1,2)(H,3,4)/t5-,6-,7-,9-;/m1./s1. The Kier molecular flexibility index (Phi) is 8.35. The fourth-order valence-corrected chi connectivity index (χ4v) is 2.56. The zero-order chi connectivity index (χ0) is 19.3. The second kappa shape index (κ2) is 9.53. The van der Waals surface area contributed by atoms with Crippen LogP contribution >= 0.6 is 16.5 Å². The molecule has 0 aliphatic carbocycles. The van der Waals surface area contributed by atoms with Gasteiger partial charge in [-0.2, -0.15) is 0 Å². The molecule has 1 fully saturated rings. The Bertz CT molecular complexity index is 735. The van der Waals surface area contributed by atoms with Crippen molar-refractivity contribution in [3.63, 3.8) is 0 Å². The molecule has 1 aromatic rings. The van der Waals surface area contributed by atoms with Crippen molar-refractivity contribution in [2.45, 2.75) is 31.5 Å². The lowest BCUT2D eigenvalue weighted by molar-refractivity contribution is -0.0551. The molecular formula is C10H18N2O11P2. The number of aromatic amines is 1. The maximum Gasteiger partial charge on any atom is 0.330 e. The summed E-state index contributed by atoms with van der Waals surface area (Å²) in [6.45, 7) is 1.02. The van der Waals surface area contributed by atoms with E-state index in [2.05, 4.69) is 9.29 Å². The molecule has 1 saturated heterocycles. The Balaban J connectivity index is 0.000000381. The molecule has 0 aromatic carbocycles. The average Bonchev–Trinajstić information content (AvgIpc) is 2.78. The van der Waals surface area contributed by atoms with Crippen molar-refractivity contribution < 1.29 is 43.3 Å². The van der Waals surface area contributed by atoms with Gasteiger partial charge in [-0.3, -0.25) is 23.5 Å². The largest absolute Gasteiger partial charge is 0.394 e. The Morgan fingerprint density at radius 3 is 2.20 bits per heavy atom. The fraction of sp³-hybridized carbons (Fsp3) is 0.600. The van der Waals surface area contributed by atoms with Crippen LogP contribution in [-0.2, 0) is 18.2 Å². The average molecular weight is 404 g/mol. The molecule has 0 bridgehead atoms. The van der Waals surface area contributed by atoms with Gasteiger partial charge in [0.1, 0.15) is 18.3 Å². The Morgan fingerprint density at radius 1 is 1.24 bits per heavy atom. The van der Waals surface area contributed by atoms with Gasteiger partial charge in [-0.05, 0) is 6.92 Å². The van der Waals surface area contributed by atoms with Gasteiger partial charge in [-0.15, -0.1) is 0 Å². The van der Waals surface area contributed by atoms with Crippen LogP contribution in [0.15, 0.2) is 15.8 Å². The zero-order valence-electron chi connectivity index (χ0n) is 12.7. The van der Waals surface area contributed by atoms with Crippen molar-refractivity contribution in [3.05, 3.63) is 32.6 Å². The zero-order valence-corrected chi connectivity index (χ0v) is 14.7. The van der Waals surface area contributed by atoms with Crippen LogP contribution in [0.4, 0.5) is 0 Å². The molecule has 2 rings (SSSR count). The SMILES string of the molecule is Cc1cn([C@@H]2O[C@H](CO)[C@@H](O)[C@H]2O)c(=O)[nH]c1=O.O=[PH](O)O[PH](=O)O. The first kappa shape index (κ1) is 21.9. The smallest absolute Gasteiger partial charge is 0.330 e. The van der Waals surface area contributed by atoms with E-state index in [0.717, 1.165) is 4.57 Å². The number of hydrogen-bond donors (Lipinski definition) is 6. The highest BCUT2D eigenvalue weighted by Gasteiger charge is 2.43. The third kappa shape index (κ3) is 5.96. The first-order chi connectivity index (χ1) is 11.6. The van der Waals surface area contributed by atoms with E-state index in [0.29, 0.717) is 0 Å². The number of aryl methyl sites for hydroxylation is 1. The summed E-state index contributed by atoms with van der Waals surface area (Å²) in [7, 11) is -6.40. The molecule has 2 heterocycles. The van der Waals surface area contributed by atoms with Gasteiger partial charge in [-0.1, -0.05) is 0 Å². The van der Waals surface area contributed by atoms with Gasteiger partial charge in [0.2, 0.25) is 0 Å². The second-order valence-electron chi connectivity index (χ2n) is 4.84. The van der Waals surface area contributed by atoms with Crippen molar-refractivity contribution in [2.24, 2.45) is 0 Å². The summed E-state index contributed by atoms with van der Waals surface area (Å²) in [6, 6.07) is 0. The second-order valence-corrected chi connectivity index (χ2v) is 6.72. The van der Waals surface area contributed by atoms with E-state index in [1.807, 2.05) is 0 Å². The van der Waals surface area contributed by atoms with Crippen molar-refractivity contribution in [1.82, 2.24) is 9.55 Å². The molecule has 0 saturated carbocycles. The lowest BCUT2D eigenvalue weighted by Crippen LogP contribution is -2.38. The van der Waals surface area contributed by atoms with E-state index in [1.54, 1.807) is 0 Å². The maximum atomic E-state index is 11.6. The summed E-state index contributed by atoms with van der Waals surface area (Å²) in [5.74, 6) is 0. The van der Waals surface area contributed by atoms with E-state index in [1.165, 1.54) is 13.1 Å². The molecule has 6 atom stereocenters. The number of aliphatic hydroxyl groups is 3. The number of hydrogen-bond acceptors (Lipinski definition) is 9. The van der Waals surface area contributed by atoms with Crippen molar-refractivity contribution >= 4 is 16.5 Å². The van der Waals surface area contributed by atoms with E-state index >= 15 is 0 Å². The third-order valence-corrected chi connectivity index (χ3v) is 4.51. The Hall–Kier alpha value is -1.14. The first-order valence-electron chi connectivity index (χ1n) is 6.66. The number of rotatable bonds is 4. The highest BCUT2D eigenvalue weighted by Crippen LogP contribution is 2.30. The molecule has 15 heteroatoms. The number of nitrogens with one attached hydrogen (secondary N) is 1. The number of aliphatic hydroxyl groups excluding tert-OH is 3. The normalized spacial score (nSPS) is 28.1. The van der Waals surface area contributed by atoms with Crippen LogP contribution in [0.1, 0.15) is 11.8 Å². The van der Waals surface area contributed by atoms with Crippen LogP contribution in [0.2, 0.25) is 0 Å². The molecule has 1 aromatic heterocycles. The number of aromatic nitrogens is 2. The van der Waals surface area contributed by atoms with Gasteiger partial charge in [0.25, 0.3) is 5.56 Å². The van der Waals surface area contributed by atoms with Crippen LogP contribution in [0.3, 0.4) is 0 Å². The molecule has 1 aliphatic rings. The molecule has 1 aliphatic heterocycles. The summed E-state index contributed by atoms with van der Waals surface area (Å²) < 4.78 is 28.5. The number of nitrogens with zero attached hydrogens (tertiary/aromatic N) is 1. The number of H-pyrrole nitrogens is 1. The topological polar surface area (TPSA) is 209 Å². The molecule has 144 valence electrons. The van der Waals surface area contributed by atoms with E-state index in [-0.39, 0.29) is 5.56 Å². The first-order valence-corrected chi connectivity index (χ1v) is 9.19. The van der Waals surface area contributed by atoms with Crippen LogP contribution in [0.25, 0.3) is 0 Å². The lowest BCUT2D eigenvalue weighted by atomic mass is 10.1. The highest BCUT2D eigenvalue weighted by atomic mass is 31.2. The van der Waals surface area contributed by atoms with Gasteiger partial charge in [-0.25, -0.2) is 9.11 Å². The predicted molar refractivity (Wildman–Crippen MR) is 82.6 cm³/mol. The third-order valence-electron chi connectivity index (χ3n) is 3.11. The summed E-state index contributed by atoms with van der Waals surface area (Å²) in [5.41, 5.74) is -1.00. The lowest BCUT2D eigenvalue weighted by Gasteiger charge is -2.17. The summed E-state index contributed by atoms with van der Waals surface area (Å²) in [6.07, 6.45) is -3.52. The van der Waals surface area contributed by atoms with E-state index in [4.69, 9.17) is 19.6 Å². The van der Waals surface area contributed by atoms with Crippen molar-refractivity contribution in [3.8, 4) is 0 Å². The monoisotopic (exact) mass is 404 g/mol. The maximum absolute atomic E-state index is 11.6. The van der Waals surface area contributed by atoms with Crippen LogP contribution < -0.4 is 11.2 Å². The quantitative estimate of drug-likeness (QED) is 0.283. The van der Waals surface area contributed by atoms with E-state index < -0.39 is 58.9 Å². The Morgan fingerprint density at radius 2 is 1.80 bits per heavy atom. The summed E-state index contributed by atoms with van der Waals surface area (Å²) in [5, 5.41) is 28.3. The van der Waals surface area contributed by atoms with Crippen LogP contribution in [0.5, 0.6) is 0 Å². The van der Waals surface area contributed by atoms with Gasteiger partial charge < -0.3 is 29.8 Å². The molecule has 6 N–H and O–H groups in total. The van der Waals surface area contributed by atoms with Gasteiger partial charge in [0, 0.05) is 11.8 Å². The summed E-state index contributed by atoms with van der Waals surface area (Å²) >= 11 is 0. The molecule has 0 radical (unpaired) electrons. The Labute approximate surface area is 141 Å². The van der Waals surface area contributed by atoms with E-state index in [9.17, 15) is 28.9 Å². The molecule has 13 nitrogen and oxygen atoms in total. The molecule has 0 spiro atoms. The minimum Gasteiger partial charge on any atom is -0.394 e. The van der Waals surface area contributed by atoms with Crippen LogP contribution in [0, 0.1) is 6.92 Å². The fourth-order valence-electron chi connectivity index (χ4n) is 1.96. The molecule has 25 heavy (non-hydrogen) atoms. The van der Waals surface area contributed by atoms with Gasteiger partial charge in [0.05, 0.1) is 6.61 Å². The predicted octanol–water partition coefficient (Wildman–Crippen LogP) is -2.78. The molecule has 0 amide bonds. The molecular weight excluding hydrogens is 386 g/mol. The minimum absolute atomic E-state index is 0.271. The number of ether oxygens (including phenoxy) is 1. The van der Waals surface area contributed by atoms with Crippen molar-refractivity contribution in [1.29, 1.82) is 0 Å². The van der Waals surface area contributed by atoms with Crippen LogP contribution in [-0.4, -0.2) is 59.6 Å².